The molecule has 1 aliphatic rings. The van der Waals surface area contributed by atoms with E-state index in [2.05, 4.69) is 31.8 Å². The molecule has 0 bridgehead atoms. The van der Waals surface area contributed by atoms with Gasteiger partial charge in [0.05, 0.1) is 5.69 Å². The fraction of sp³-hybridized carbons (Fsp3) is 0.222. The number of fused-ring (bicyclic) bond motifs is 1. The average molecular weight is 334 g/mol. The highest BCUT2D eigenvalue weighted by atomic mass is 16.1. The van der Waals surface area contributed by atoms with Crippen molar-refractivity contribution in [1.29, 1.82) is 0 Å². The highest BCUT2D eigenvalue weighted by Crippen LogP contribution is 2.28. The molecule has 0 unspecified atom stereocenters. The summed E-state index contributed by atoms with van der Waals surface area (Å²) in [5, 5.41) is 15.1. The second-order valence-electron chi connectivity index (χ2n) is 6.02. The Bertz CT molecular complexity index is 905. The zero-order valence-electron chi connectivity index (χ0n) is 13.9. The predicted molar refractivity (Wildman–Crippen MR) is 94.7 cm³/mol. The normalized spacial score (nSPS) is 13.4. The van der Waals surface area contributed by atoms with Gasteiger partial charge in [0, 0.05) is 25.7 Å². The number of anilines is 2. The Hall–Kier alpha value is -3.22. The maximum absolute atomic E-state index is 11.4. The van der Waals surface area contributed by atoms with Gasteiger partial charge in [-0.3, -0.25) is 4.79 Å². The summed E-state index contributed by atoms with van der Waals surface area (Å²) in [6.45, 7) is 3.02. The Labute approximate surface area is 145 Å². The van der Waals surface area contributed by atoms with Gasteiger partial charge < -0.3 is 10.2 Å². The van der Waals surface area contributed by atoms with E-state index in [-0.39, 0.29) is 5.91 Å². The summed E-state index contributed by atoms with van der Waals surface area (Å²) in [6, 6.07) is 15.9. The molecule has 0 saturated carbocycles. The number of hydrogen-bond acceptors (Lipinski definition) is 5. The highest BCUT2D eigenvalue weighted by Gasteiger charge is 2.23. The first-order valence-corrected chi connectivity index (χ1v) is 8.19. The van der Waals surface area contributed by atoms with Crippen LogP contribution in [0.1, 0.15) is 18.1 Å². The smallest absolute Gasteiger partial charge is 0.250 e. The van der Waals surface area contributed by atoms with Crippen LogP contribution in [0.15, 0.2) is 48.5 Å². The number of aromatic nitrogens is 4. The van der Waals surface area contributed by atoms with Crippen LogP contribution in [0.2, 0.25) is 0 Å². The van der Waals surface area contributed by atoms with Gasteiger partial charge >= 0.3 is 0 Å². The number of para-hydroxylation sites is 1. The number of carbonyl (C=O) groups excluding carboxylic acids is 1. The second-order valence-corrected chi connectivity index (χ2v) is 6.02. The maximum atomic E-state index is 11.4. The molecule has 4 rings (SSSR count). The van der Waals surface area contributed by atoms with Crippen LogP contribution in [0.3, 0.4) is 0 Å². The molecule has 2 heterocycles. The number of rotatable bonds is 3. The van der Waals surface area contributed by atoms with Crippen LogP contribution in [0.5, 0.6) is 0 Å². The van der Waals surface area contributed by atoms with Crippen molar-refractivity contribution in [2.45, 2.75) is 19.9 Å². The first-order valence-electron chi connectivity index (χ1n) is 8.19. The first kappa shape index (κ1) is 15.3. The van der Waals surface area contributed by atoms with Crippen molar-refractivity contribution in [1.82, 2.24) is 20.2 Å². The maximum Gasteiger partial charge on any atom is 0.250 e. The molecule has 2 aromatic carbocycles. The lowest BCUT2D eigenvalue weighted by Gasteiger charge is -2.30. The van der Waals surface area contributed by atoms with Gasteiger partial charge in [0.25, 0.3) is 5.95 Å². The van der Waals surface area contributed by atoms with Crippen molar-refractivity contribution in [3.8, 4) is 5.69 Å². The lowest BCUT2D eigenvalue weighted by atomic mass is 9.98. The van der Waals surface area contributed by atoms with E-state index < -0.39 is 0 Å². The molecular formula is C18H18N6O. The Morgan fingerprint density at radius 2 is 1.96 bits per heavy atom. The molecule has 7 nitrogen and oxygen atoms in total. The minimum absolute atomic E-state index is 0.0520. The van der Waals surface area contributed by atoms with E-state index in [1.165, 1.54) is 18.1 Å². The molecule has 0 atom stereocenters. The summed E-state index contributed by atoms with van der Waals surface area (Å²) in [5.74, 6) is 0.672. The molecule has 126 valence electrons. The lowest BCUT2D eigenvalue weighted by molar-refractivity contribution is -0.114. The van der Waals surface area contributed by atoms with Gasteiger partial charge in [0.2, 0.25) is 5.91 Å². The standard InChI is InChI=1S/C18H18N6O/c1-13(25)19-17-9-5-6-14-12-23(11-10-16(14)17)18-20-21-22-24(18)15-7-3-2-4-8-15/h2-9H,10-12H2,1H3,(H,19,25). The van der Waals surface area contributed by atoms with Gasteiger partial charge in [-0.25, -0.2) is 0 Å². The summed E-state index contributed by atoms with van der Waals surface area (Å²) >= 11 is 0. The van der Waals surface area contributed by atoms with E-state index in [0.717, 1.165) is 30.3 Å². The Balaban J connectivity index is 1.64. The molecule has 0 aliphatic carbocycles. The number of nitrogens with zero attached hydrogens (tertiary/aromatic N) is 5. The molecule has 0 fully saturated rings. The van der Waals surface area contributed by atoms with Gasteiger partial charge in [0.15, 0.2) is 0 Å². The quantitative estimate of drug-likeness (QED) is 0.794. The molecule has 25 heavy (non-hydrogen) atoms. The van der Waals surface area contributed by atoms with E-state index in [1.54, 1.807) is 4.68 Å². The highest BCUT2D eigenvalue weighted by molar-refractivity contribution is 5.89. The summed E-state index contributed by atoms with van der Waals surface area (Å²) in [4.78, 5) is 13.6. The Morgan fingerprint density at radius 1 is 1.12 bits per heavy atom. The molecule has 1 aromatic heterocycles. The number of tetrazole rings is 1. The summed E-state index contributed by atoms with van der Waals surface area (Å²) < 4.78 is 1.75. The summed E-state index contributed by atoms with van der Waals surface area (Å²) in [7, 11) is 0. The van der Waals surface area contributed by atoms with Gasteiger partial charge in [-0.15, -0.1) is 0 Å². The van der Waals surface area contributed by atoms with Crippen LogP contribution < -0.4 is 10.2 Å². The molecule has 1 N–H and O–H groups in total. The van der Waals surface area contributed by atoms with E-state index in [4.69, 9.17) is 0 Å². The molecular weight excluding hydrogens is 316 g/mol. The van der Waals surface area contributed by atoms with Gasteiger partial charge in [-0.05, 0) is 46.2 Å². The largest absolute Gasteiger partial charge is 0.335 e. The van der Waals surface area contributed by atoms with E-state index in [9.17, 15) is 4.79 Å². The van der Waals surface area contributed by atoms with Crippen LogP contribution in [-0.4, -0.2) is 32.7 Å². The van der Waals surface area contributed by atoms with Crippen LogP contribution in [0.4, 0.5) is 11.6 Å². The monoisotopic (exact) mass is 334 g/mol. The molecule has 3 aromatic rings. The zero-order chi connectivity index (χ0) is 17.2. The molecule has 7 heteroatoms. The zero-order valence-corrected chi connectivity index (χ0v) is 13.9. The fourth-order valence-corrected chi connectivity index (χ4v) is 3.20. The summed E-state index contributed by atoms with van der Waals surface area (Å²) in [6.07, 6.45) is 0.827. The average Bonchev–Trinajstić information content (AvgIpc) is 3.11. The molecule has 1 aliphatic heterocycles. The van der Waals surface area contributed by atoms with Crippen molar-refractivity contribution < 1.29 is 4.79 Å². The van der Waals surface area contributed by atoms with E-state index in [1.807, 2.05) is 42.5 Å². The fourth-order valence-electron chi connectivity index (χ4n) is 3.20. The first-order chi connectivity index (χ1) is 12.2. The molecule has 1 amide bonds. The minimum atomic E-state index is -0.0520. The van der Waals surface area contributed by atoms with Crippen molar-refractivity contribution >= 4 is 17.5 Å². The lowest BCUT2D eigenvalue weighted by Crippen LogP contribution is -2.33. The Morgan fingerprint density at radius 3 is 2.76 bits per heavy atom. The number of nitrogens with one attached hydrogen (secondary N) is 1. The van der Waals surface area contributed by atoms with E-state index >= 15 is 0 Å². The number of hydrogen-bond donors (Lipinski definition) is 1. The third kappa shape index (κ3) is 2.96. The van der Waals surface area contributed by atoms with Crippen molar-refractivity contribution in [2.75, 3.05) is 16.8 Å². The SMILES string of the molecule is CC(=O)Nc1cccc2c1CCN(c1nnnn1-c1ccccc1)C2. The summed E-state index contributed by atoms with van der Waals surface area (Å²) in [5.41, 5.74) is 4.19. The molecule has 0 spiro atoms. The predicted octanol–water partition coefficient (Wildman–Crippen LogP) is 2.18. The van der Waals surface area contributed by atoms with Crippen molar-refractivity contribution in [2.24, 2.45) is 0 Å². The topological polar surface area (TPSA) is 75.9 Å². The Kier molecular flexibility index (Phi) is 3.89. The van der Waals surface area contributed by atoms with Crippen LogP contribution in [0.25, 0.3) is 5.69 Å². The van der Waals surface area contributed by atoms with E-state index in [0.29, 0.717) is 6.54 Å². The van der Waals surface area contributed by atoms with Crippen molar-refractivity contribution in [3.05, 3.63) is 59.7 Å². The molecule has 0 radical (unpaired) electrons. The van der Waals surface area contributed by atoms with Crippen LogP contribution >= 0.6 is 0 Å². The second kappa shape index (κ2) is 6.35. The third-order valence-electron chi connectivity index (χ3n) is 4.31. The van der Waals surface area contributed by atoms with Gasteiger partial charge in [0.1, 0.15) is 0 Å². The molecule has 0 saturated heterocycles. The van der Waals surface area contributed by atoms with Crippen molar-refractivity contribution in [3.63, 3.8) is 0 Å². The van der Waals surface area contributed by atoms with Crippen LogP contribution in [-0.2, 0) is 17.8 Å². The minimum Gasteiger partial charge on any atom is -0.335 e. The van der Waals surface area contributed by atoms with Gasteiger partial charge in [-0.1, -0.05) is 35.4 Å². The number of carbonyl (C=O) groups is 1. The number of benzene rings is 2. The van der Waals surface area contributed by atoms with Gasteiger partial charge in [-0.2, -0.15) is 4.68 Å². The van der Waals surface area contributed by atoms with Crippen LogP contribution in [0, 0.1) is 0 Å². The number of amides is 1. The third-order valence-corrected chi connectivity index (χ3v) is 4.31.